The van der Waals surface area contributed by atoms with E-state index in [0.717, 1.165) is 61.6 Å². The van der Waals surface area contributed by atoms with E-state index < -0.39 is 0 Å². The van der Waals surface area contributed by atoms with Crippen LogP contribution in [-0.4, -0.2) is 36.9 Å². The van der Waals surface area contributed by atoms with Crippen LogP contribution in [0, 0.1) is 6.92 Å². The van der Waals surface area contributed by atoms with Crippen LogP contribution in [0.4, 0.5) is 11.4 Å². The molecule has 0 atom stereocenters. The molecule has 0 aliphatic heterocycles. The molecule has 0 amide bonds. The van der Waals surface area contributed by atoms with Crippen LogP contribution in [0.3, 0.4) is 0 Å². The number of H-pyrrole nitrogens is 1. The molecule has 0 saturated carbocycles. The molecular weight excluding hydrogens is 434 g/mol. The van der Waals surface area contributed by atoms with Gasteiger partial charge in [-0.05, 0) is 51.5 Å². The number of aliphatic imine (C=N–C) groups is 1. The van der Waals surface area contributed by atoms with Crippen LogP contribution in [0.25, 0.3) is 33.3 Å². The first-order valence-corrected chi connectivity index (χ1v) is 11.6. The molecule has 0 bridgehead atoms. The second-order valence-corrected chi connectivity index (χ2v) is 8.86. The number of pyridine rings is 3. The van der Waals surface area contributed by atoms with E-state index in [0.29, 0.717) is 6.04 Å². The Kier molecular flexibility index (Phi) is 6.06. The fraction of sp³-hybridized carbons (Fsp3) is 0.179. The van der Waals surface area contributed by atoms with Gasteiger partial charge in [-0.1, -0.05) is 24.3 Å². The Labute approximate surface area is 204 Å². The van der Waals surface area contributed by atoms with E-state index in [9.17, 15) is 0 Å². The van der Waals surface area contributed by atoms with Gasteiger partial charge >= 0.3 is 0 Å². The summed E-state index contributed by atoms with van der Waals surface area (Å²) in [7, 11) is 0. The first-order valence-electron chi connectivity index (χ1n) is 11.6. The fourth-order valence-corrected chi connectivity index (χ4v) is 4.13. The van der Waals surface area contributed by atoms with Crippen LogP contribution in [0.15, 0.2) is 78.4 Å². The van der Waals surface area contributed by atoms with Crippen molar-refractivity contribution >= 4 is 28.1 Å². The quantitative estimate of drug-likeness (QED) is 0.287. The summed E-state index contributed by atoms with van der Waals surface area (Å²) in [6.45, 7) is 8.26. The molecule has 0 unspecified atom stereocenters. The highest BCUT2D eigenvalue weighted by atomic mass is 15.2. The number of aromatic nitrogens is 5. The number of benzene rings is 1. The predicted octanol–water partition coefficient (Wildman–Crippen LogP) is 6.35. The molecule has 7 heteroatoms. The zero-order valence-electron chi connectivity index (χ0n) is 20.2. The lowest BCUT2D eigenvalue weighted by Crippen LogP contribution is -2.09. The Balaban J connectivity index is 1.57. The molecule has 2 N–H and O–H groups in total. The molecule has 0 fully saturated rings. The summed E-state index contributed by atoms with van der Waals surface area (Å²) < 4.78 is 0. The molecule has 7 nitrogen and oxygen atoms in total. The van der Waals surface area contributed by atoms with Gasteiger partial charge < -0.3 is 5.32 Å². The van der Waals surface area contributed by atoms with Gasteiger partial charge in [0, 0.05) is 64.7 Å². The summed E-state index contributed by atoms with van der Waals surface area (Å²) in [5.74, 6) is 0. The minimum atomic E-state index is 0.324. The summed E-state index contributed by atoms with van der Waals surface area (Å²) >= 11 is 0. The lowest BCUT2D eigenvalue weighted by molar-refractivity contribution is 0.898. The number of hydrogen-bond donors (Lipinski definition) is 2. The summed E-state index contributed by atoms with van der Waals surface area (Å²) in [6.07, 6.45) is 9.16. The minimum Gasteiger partial charge on any atom is -0.382 e. The number of aromatic amines is 1. The molecule has 4 aromatic heterocycles. The maximum atomic E-state index is 5.03. The normalized spacial score (nSPS) is 11.9. The van der Waals surface area contributed by atoms with Gasteiger partial charge in [0.15, 0.2) is 5.65 Å². The maximum absolute atomic E-state index is 5.03. The number of nitrogens with zero attached hydrogens (tertiary/aromatic N) is 5. The van der Waals surface area contributed by atoms with Gasteiger partial charge in [-0.15, -0.1) is 0 Å². The Hall–Kier alpha value is -4.39. The van der Waals surface area contributed by atoms with Crippen molar-refractivity contribution in [1.29, 1.82) is 0 Å². The van der Waals surface area contributed by atoms with E-state index in [1.807, 2.05) is 49.9 Å². The SMILES string of the molecule is C/C(=N\c1c(C)cccc1-c1cccnc1)c1n[nH]c2ncc(-c3cncc(NC(C)C)c3)cc12. The van der Waals surface area contributed by atoms with Crippen molar-refractivity contribution in [2.45, 2.75) is 33.7 Å². The van der Waals surface area contributed by atoms with Gasteiger partial charge in [-0.3, -0.25) is 20.1 Å². The standard InChI is InChI=1S/C28H27N7/c1-17(2)32-23-11-21(14-30-16-23)22-12-25-27(34-35-28(25)31-15-22)19(4)33-26-18(3)7-5-9-24(26)20-8-6-10-29-13-20/h5-17,32H,1-4H3,(H,31,34,35)/b33-19+. The van der Waals surface area contributed by atoms with E-state index in [4.69, 9.17) is 4.99 Å². The van der Waals surface area contributed by atoms with Crippen molar-refractivity contribution in [2.75, 3.05) is 5.32 Å². The Morgan fingerprint density at radius 2 is 1.77 bits per heavy atom. The molecule has 5 aromatic rings. The molecule has 1 aromatic carbocycles. The lowest BCUT2D eigenvalue weighted by atomic mass is 10.0. The van der Waals surface area contributed by atoms with Crippen LogP contribution >= 0.6 is 0 Å². The number of fused-ring (bicyclic) bond motifs is 1. The molecule has 0 radical (unpaired) electrons. The minimum absolute atomic E-state index is 0.324. The second-order valence-electron chi connectivity index (χ2n) is 8.86. The Morgan fingerprint density at radius 3 is 2.57 bits per heavy atom. The highest BCUT2D eigenvalue weighted by Gasteiger charge is 2.14. The first-order chi connectivity index (χ1) is 17.0. The largest absolute Gasteiger partial charge is 0.382 e. The zero-order valence-corrected chi connectivity index (χ0v) is 20.2. The van der Waals surface area contributed by atoms with E-state index in [2.05, 4.69) is 75.5 Å². The highest BCUT2D eigenvalue weighted by Crippen LogP contribution is 2.34. The van der Waals surface area contributed by atoms with Crippen LogP contribution in [0.2, 0.25) is 0 Å². The first kappa shape index (κ1) is 22.4. The molecule has 35 heavy (non-hydrogen) atoms. The third kappa shape index (κ3) is 4.66. The third-order valence-electron chi connectivity index (χ3n) is 5.78. The Morgan fingerprint density at radius 1 is 0.943 bits per heavy atom. The molecule has 0 aliphatic rings. The van der Waals surface area contributed by atoms with Crippen LogP contribution in [-0.2, 0) is 0 Å². The van der Waals surface area contributed by atoms with Gasteiger partial charge in [-0.2, -0.15) is 5.10 Å². The molecule has 0 saturated heterocycles. The van der Waals surface area contributed by atoms with Crippen molar-refractivity contribution in [2.24, 2.45) is 4.99 Å². The van der Waals surface area contributed by atoms with Crippen molar-refractivity contribution in [3.05, 3.63) is 84.7 Å². The summed E-state index contributed by atoms with van der Waals surface area (Å²) in [5.41, 5.74) is 9.31. The van der Waals surface area contributed by atoms with E-state index >= 15 is 0 Å². The van der Waals surface area contributed by atoms with Gasteiger partial charge in [0.05, 0.1) is 17.1 Å². The molecule has 174 valence electrons. The summed E-state index contributed by atoms with van der Waals surface area (Å²) in [6, 6.07) is 14.7. The summed E-state index contributed by atoms with van der Waals surface area (Å²) in [4.78, 5) is 18.3. The van der Waals surface area contributed by atoms with Crippen molar-refractivity contribution in [1.82, 2.24) is 25.1 Å². The number of para-hydroxylation sites is 1. The topological polar surface area (TPSA) is 91.7 Å². The average Bonchev–Trinajstić information content (AvgIpc) is 3.29. The number of rotatable bonds is 6. The number of aryl methyl sites for hydroxylation is 1. The van der Waals surface area contributed by atoms with Gasteiger partial charge in [0.1, 0.15) is 5.69 Å². The molecule has 5 rings (SSSR count). The molecular formula is C28H27N7. The van der Waals surface area contributed by atoms with Gasteiger partial charge in [0.25, 0.3) is 0 Å². The highest BCUT2D eigenvalue weighted by molar-refractivity contribution is 6.09. The van der Waals surface area contributed by atoms with Crippen molar-refractivity contribution < 1.29 is 0 Å². The third-order valence-corrected chi connectivity index (χ3v) is 5.78. The van der Waals surface area contributed by atoms with Crippen LogP contribution < -0.4 is 5.32 Å². The van der Waals surface area contributed by atoms with Crippen LogP contribution in [0.1, 0.15) is 32.0 Å². The molecule has 4 heterocycles. The molecule has 0 spiro atoms. The van der Waals surface area contributed by atoms with Crippen molar-refractivity contribution in [3.63, 3.8) is 0 Å². The van der Waals surface area contributed by atoms with Gasteiger partial charge in [0.2, 0.25) is 0 Å². The predicted molar refractivity (Wildman–Crippen MR) is 142 cm³/mol. The zero-order chi connectivity index (χ0) is 24.4. The number of anilines is 1. The maximum Gasteiger partial charge on any atom is 0.155 e. The van der Waals surface area contributed by atoms with E-state index in [1.54, 1.807) is 6.20 Å². The lowest BCUT2D eigenvalue weighted by Gasteiger charge is -2.11. The number of hydrogen-bond acceptors (Lipinski definition) is 6. The Bertz CT molecular complexity index is 1520. The average molecular weight is 462 g/mol. The second kappa shape index (κ2) is 9.46. The monoisotopic (exact) mass is 461 g/mol. The number of nitrogens with one attached hydrogen (secondary N) is 2. The summed E-state index contributed by atoms with van der Waals surface area (Å²) in [5, 5.41) is 11.9. The van der Waals surface area contributed by atoms with E-state index in [-0.39, 0.29) is 0 Å². The van der Waals surface area contributed by atoms with Crippen LogP contribution in [0.5, 0.6) is 0 Å². The molecule has 0 aliphatic carbocycles. The van der Waals surface area contributed by atoms with Gasteiger partial charge in [-0.25, -0.2) is 4.98 Å². The fourth-order valence-electron chi connectivity index (χ4n) is 4.13. The smallest absolute Gasteiger partial charge is 0.155 e. The van der Waals surface area contributed by atoms with Crippen molar-refractivity contribution in [3.8, 4) is 22.3 Å². The van der Waals surface area contributed by atoms with E-state index in [1.165, 1.54) is 0 Å².